The Balaban J connectivity index is 2.22. The number of halogens is 2. The van der Waals surface area contributed by atoms with Crippen LogP contribution in [0.15, 0.2) is 45.9 Å². The molecule has 158 valence electrons. The number of ether oxygens (including phenoxy) is 1. The van der Waals surface area contributed by atoms with Crippen LogP contribution in [0.25, 0.3) is 17.2 Å². The van der Waals surface area contributed by atoms with E-state index >= 15 is 0 Å². The third-order valence-electron chi connectivity index (χ3n) is 4.88. The average Bonchev–Trinajstić information content (AvgIpc) is 2.69. The Morgan fingerprint density at radius 1 is 1.17 bits per heavy atom. The van der Waals surface area contributed by atoms with Gasteiger partial charge in [0.05, 0.1) is 6.10 Å². The summed E-state index contributed by atoms with van der Waals surface area (Å²) in [7, 11) is 1.88. The van der Waals surface area contributed by atoms with E-state index in [0.29, 0.717) is 17.2 Å². The molecule has 0 radical (unpaired) electrons. The Hall–Kier alpha value is -1.55. The molecule has 0 spiro atoms. The molecule has 0 N–H and O–H groups in total. The second-order valence-corrected chi connectivity index (χ2v) is 8.44. The molecule has 1 aromatic carbocycles. The van der Waals surface area contributed by atoms with Gasteiger partial charge >= 0.3 is 0 Å². The van der Waals surface area contributed by atoms with Crippen molar-refractivity contribution in [2.24, 2.45) is 7.05 Å². The number of unbranched alkanes of at least 4 members (excludes halogenated alkanes) is 1. The second kappa shape index (κ2) is 12.2. The van der Waals surface area contributed by atoms with Crippen molar-refractivity contribution in [3.8, 4) is 11.1 Å². The summed E-state index contributed by atoms with van der Waals surface area (Å²) in [4.78, 5) is 12.9. The Labute approximate surface area is 184 Å². The first-order chi connectivity index (χ1) is 13.9. The van der Waals surface area contributed by atoms with E-state index in [1.54, 1.807) is 6.20 Å². The molecule has 0 saturated carbocycles. The minimum Gasteiger partial charge on any atom is -0.378 e. The van der Waals surface area contributed by atoms with Crippen LogP contribution in [-0.4, -0.2) is 17.3 Å². The van der Waals surface area contributed by atoms with Crippen LogP contribution < -0.4 is 5.43 Å². The van der Waals surface area contributed by atoms with Gasteiger partial charge in [0.15, 0.2) is 5.43 Å². The molecular weight excluding hydrogens is 405 g/mol. The summed E-state index contributed by atoms with van der Waals surface area (Å²) in [6.45, 7) is 5.16. The van der Waals surface area contributed by atoms with Gasteiger partial charge in [0.1, 0.15) is 4.49 Å². The lowest BCUT2D eigenvalue weighted by Gasteiger charge is -2.17. The molecule has 0 aliphatic rings. The summed E-state index contributed by atoms with van der Waals surface area (Å²) in [5.41, 5.74) is 3.16. The van der Waals surface area contributed by atoms with Crippen molar-refractivity contribution >= 4 is 29.3 Å². The highest BCUT2D eigenvalue weighted by Gasteiger charge is 2.11. The fourth-order valence-electron chi connectivity index (χ4n) is 3.41. The van der Waals surface area contributed by atoms with Gasteiger partial charge < -0.3 is 9.30 Å². The number of hydrogen-bond donors (Lipinski definition) is 0. The number of nitrogens with zero attached hydrogens (tertiary/aromatic N) is 1. The molecule has 1 unspecified atom stereocenters. The Kier molecular flexibility index (Phi) is 9.99. The number of aryl methyl sites for hydroxylation is 2. The molecule has 29 heavy (non-hydrogen) atoms. The van der Waals surface area contributed by atoms with E-state index in [0.717, 1.165) is 37.9 Å². The summed E-state index contributed by atoms with van der Waals surface area (Å²) < 4.78 is 7.95. The van der Waals surface area contributed by atoms with Crippen LogP contribution in [0.4, 0.5) is 0 Å². The van der Waals surface area contributed by atoms with Crippen molar-refractivity contribution in [2.45, 2.75) is 58.5 Å². The van der Waals surface area contributed by atoms with Crippen LogP contribution in [0.1, 0.15) is 57.1 Å². The monoisotopic (exact) mass is 435 g/mol. The highest BCUT2D eigenvalue weighted by Crippen LogP contribution is 2.21. The van der Waals surface area contributed by atoms with E-state index in [-0.39, 0.29) is 9.92 Å². The first-order valence-corrected chi connectivity index (χ1v) is 11.1. The molecule has 0 fully saturated rings. The molecule has 0 aliphatic carbocycles. The molecule has 5 heteroatoms. The largest absolute Gasteiger partial charge is 0.378 e. The fourth-order valence-corrected chi connectivity index (χ4v) is 3.64. The fraction of sp³-hybridized carbons (Fsp3) is 0.458. The van der Waals surface area contributed by atoms with Gasteiger partial charge in [0.25, 0.3) is 0 Å². The maximum Gasteiger partial charge on any atom is 0.196 e. The van der Waals surface area contributed by atoms with Crippen LogP contribution in [0, 0.1) is 0 Å². The lowest BCUT2D eigenvalue weighted by Crippen LogP contribution is -2.15. The van der Waals surface area contributed by atoms with Crippen LogP contribution in [0.2, 0.25) is 0 Å². The van der Waals surface area contributed by atoms with E-state index in [4.69, 9.17) is 27.9 Å². The number of hydrogen-bond acceptors (Lipinski definition) is 2. The Morgan fingerprint density at radius 3 is 2.66 bits per heavy atom. The summed E-state index contributed by atoms with van der Waals surface area (Å²) in [6.07, 6.45) is 11.8. The van der Waals surface area contributed by atoms with E-state index in [9.17, 15) is 4.79 Å². The van der Waals surface area contributed by atoms with Gasteiger partial charge in [-0.2, -0.15) is 0 Å². The molecule has 1 atom stereocenters. The molecule has 1 aromatic heterocycles. The maximum absolute atomic E-state index is 12.9. The van der Waals surface area contributed by atoms with E-state index in [2.05, 4.69) is 26.0 Å². The van der Waals surface area contributed by atoms with Crippen LogP contribution in [0.3, 0.4) is 0 Å². The van der Waals surface area contributed by atoms with Crippen molar-refractivity contribution in [2.75, 3.05) is 6.61 Å². The first-order valence-electron chi connectivity index (χ1n) is 10.4. The Morgan fingerprint density at radius 2 is 1.97 bits per heavy atom. The number of benzene rings is 1. The predicted molar refractivity (Wildman–Crippen MR) is 125 cm³/mol. The SMILES string of the molecule is CCCCC(CCc1cccc(-c2cn(C)cc(C=C(Cl)Cl)c2=O)c1)OCCC. The zero-order chi connectivity index (χ0) is 21.2. The van der Waals surface area contributed by atoms with Crippen molar-refractivity contribution in [3.05, 3.63) is 62.5 Å². The van der Waals surface area contributed by atoms with Crippen molar-refractivity contribution in [3.63, 3.8) is 0 Å². The normalized spacial score (nSPS) is 12.0. The van der Waals surface area contributed by atoms with Crippen molar-refractivity contribution in [1.82, 2.24) is 4.57 Å². The molecule has 0 saturated heterocycles. The van der Waals surface area contributed by atoms with Crippen LogP contribution >= 0.6 is 23.2 Å². The smallest absolute Gasteiger partial charge is 0.196 e. The molecule has 3 nitrogen and oxygen atoms in total. The minimum absolute atomic E-state index is 0.0678. The van der Waals surface area contributed by atoms with Gasteiger partial charge in [-0.05, 0) is 42.9 Å². The number of pyridine rings is 1. The standard InChI is InChI=1S/C24H31Cl2NO2/c1-4-6-10-21(29-13-5-2)12-11-18-8-7-9-19(14-18)22-17-27(3)16-20(24(22)28)15-23(25)26/h7-9,14-17,21H,4-6,10-13H2,1-3H3. The topological polar surface area (TPSA) is 31.2 Å². The molecule has 0 aliphatic heterocycles. The second-order valence-electron chi connectivity index (χ2n) is 7.43. The van der Waals surface area contributed by atoms with Gasteiger partial charge in [0, 0.05) is 37.2 Å². The number of rotatable bonds is 11. The molecule has 0 amide bonds. The Bertz CT molecular complexity index is 861. The average molecular weight is 436 g/mol. The lowest BCUT2D eigenvalue weighted by atomic mass is 9.98. The van der Waals surface area contributed by atoms with Gasteiger partial charge in [-0.15, -0.1) is 0 Å². The van der Waals surface area contributed by atoms with Crippen LogP contribution in [0.5, 0.6) is 0 Å². The molecule has 2 rings (SSSR count). The highest BCUT2D eigenvalue weighted by molar-refractivity contribution is 6.57. The molecule has 1 heterocycles. The van der Waals surface area contributed by atoms with E-state index < -0.39 is 0 Å². The zero-order valence-electron chi connectivity index (χ0n) is 17.6. The minimum atomic E-state index is -0.0776. The molecule has 2 aromatic rings. The van der Waals surface area contributed by atoms with Gasteiger partial charge in [-0.3, -0.25) is 4.79 Å². The van der Waals surface area contributed by atoms with Gasteiger partial charge in [-0.25, -0.2) is 0 Å². The third-order valence-corrected chi connectivity index (χ3v) is 5.10. The summed E-state index contributed by atoms with van der Waals surface area (Å²) in [6, 6.07) is 8.20. The van der Waals surface area contributed by atoms with E-state index in [1.807, 2.05) is 29.9 Å². The summed E-state index contributed by atoms with van der Waals surface area (Å²) in [5.74, 6) is 0. The van der Waals surface area contributed by atoms with Crippen molar-refractivity contribution < 1.29 is 4.74 Å². The quantitative estimate of drug-likeness (QED) is 0.390. The zero-order valence-corrected chi connectivity index (χ0v) is 19.1. The van der Waals surface area contributed by atoms with Crippen LogP contribution in [-0.2, 0) is 18.2 Å². The molecule has 0 bridgehead atoms. The summed E-state index contributed by atoms with van der Waals surface area (Å²) in [5, 5.41) is 0. The number of aromatic nitrogens is 1. The maximum atomic E-state index is 12.9. The highest BCUT2D eigenvalue weighted by atomic mass is 35.5. The predicted octanol–water partition coefficient (Wildman–Crippen LogP) is 6.75. The van der Waals surface area contributed by atoms with E-state index in [1.165, 1.54) is 24.5 Å². The third kappa shape index (κ3) is 7.65. The van der Waals surface area contributed by atoms with Crippen molar-refractivity contribution in [1.29, 1.82) is 0 Å². The lowest BCUT2D eigenvalue weighted by molar-refractivity contribution is 0.0408. The van der Waals surface area contributed by atoms with Gasteiger partial charge in [-0.1, -0.05) is 74.2 Å². The van der Waals surface area contributed by atoms with Gasteiger partial charge in [0.2, 0.25) is 0 Å². The first kappa shape index (κ1) is 23.7. The summed E-state index contributed by atoms with van der Waals surface area (Å²) >= 11 is 11.5. The molecular formula is C24H31Cl2NO2.